The molecule has 0 spiro atoms. The minimum Gasteiger partial charge on any atom is -0.458 e. The minimum absolute atomic E-state index is 0.00935. The molecule has 0 aliphatic heterocycles. The number of esters is 1. The number of fused-ring (bicyclic) bond motifs is 3. The maximum Gasteiger partial charge on any atom is 0.303 e. The smallest absolute Gasteiger partial charge is 0.303 e. The van der Waals surface area contributed by atoms with E-state index in [0.29, 0.717) is 23.2 Å². The molecule has 0 saturated heterocycles. The molecule has 19 heavy (non-hydrogen) atoms. The van der Waals surface area contributed by atoms with E-state index in [4.69, 9.17) is 4.74 Å². The van der Waals surface area contributed by atoms with Gasteiger partial charge in [0.25, 0.3) is 0 Å². The first kappa shape index (κ1) is 13.2. The summed E-state index contributed by atoms with van der Waals surface area (Å²) in [4.78, 5) is 11.3. The van der Waals surface area contributed by atoms with E-state index in [1.165, 1.54) is 19.8 Å². The molecule has 0 aromatic carbocycles. The van der Waals surface area contributed by atoms with Crippen molar-refractivity contribution in [3.8, 4) is 0 Å². The molecule has 2 nitrogen and oxygen atoms in total. The van der Waals surface area contributed by atoms with E-state index in [2.05, 4.69) is 33.8 Å². The first-order valence-electron chi connectivity index (χ1n) is 7.73. The van der Waals surface area contributed by atoms with Crippen LogP contribution in [0.5, 0.6) is 0 Å². The van der Waals surface area contributed by atoms with Crippen molar-refractivity contribution in [2.45, 2.75) is 53.6 Å². The zero-order chi connectivity index (χ0) is 13.9. The molecule has 3 aliphatic carbocycles. The number of ether oxygens (including phenoxy) is 1. The Kier molecular flexibility index (Phi) is 2.85. The molecule has 0 aromatic rings. The number of rotatable bonds is 1. The Bertz CT molecular complexity index is 435. The van der Waals surface area contributed by atoms with Crippen molar-refractivity contribution in [3.63, 3.8) is 0 Å². The van der Waals surface area contributed by atoms with E-state index in [1.54, 1.807) is 5.57 Å². The van der Waals surface area contributed by atoms with Crippen LogP contribution in [0.1, 0.15) is 47.5 Å². The van der Waals surface area contributed by atoms with Gasteiger partial charge >= 0.3 is 5.97 Å². The van der Waals surface area contributed by atoms with E-state index in [9.17, 15) is 4.79 Å². The second-order valence-corrected chi connectivity index (χ2v) is 7.56. The van der Waals surface area contributed by atoms with Crippen LogP contribution < -0.4 is 0 Å². The van der Waals surface area contributed by atoms with E-state index in [-0.39, 0.29) is 12.1 Å². The summed E-state index contributed by atoms with van der Waals surface area (Å²) in [6.45, 7) is 11.0. The average Bonchev–Trinajstić information content (AvgIpc) is 2.76. The maximum atomic E-state index is 11.3. The first-order chi connectivity index (χ1) is 8.84. The lowest BCUT2D eigenvalue weighted by molar-refractivity contribution is -0.146. The third-order valence-corrected chi connectivity index (χ3v) is 6.13. The van der Waals surface area contributed by atoms with Crippen LogP contribution in [0.2, 0.25) is 0 Å². The van der Waals surface area contributed by atoms with Gasteiger partial charge in [-0.15, -0.1) is 0 Å². The van der Waals surface area contributed by atoms with Crippen LogP contribution in [0.4, 0.5) is 0 Å². The fourth-order valence-electron chi connectivity index (χ4n) is 4.97. The molecule has 0 unspecified atom stereocenters. The van der Waals surface area contributed by atoms with Gasteiger partial charge in [-0.2, -0.15) is 0 Å². The first-order valence-corrected chi connectivity index (χ1v) is 7.73. The fraction of sp³-hybridized carbons (Fsp3) is 0.824. The molecule has 3 aliphatic rings. The Labute approximate surface area is 116 Å². The summed E-state index contributed by atoms with van der Waals surface area (Å²) >= 11 is 0. The number of allylic oxidation sites excluding steroid dienone is 1. The van der Waals surface area contributed by atoms with Crippen molar-refractivity contribution in [2.75, 3.05) is 0 Å². The van der Waals surface area contributed by atoms with Crippen molar-refractivity contribution in [2.24, 2.45) is 35.0 Å². The van der Waals surface area contributed by atoms with Crippen molar-refractivity contribution in [1.29, 1.82) is 0 Å². The lowest BCUT2D eigenvalue weighted by atomic mass is 9.80. The van der Waals surface area contributed by atoms with Crippen molar-refractivity contribution < 1.29 is 9.53 Å². The Morgan fingerprint density at radius 1 is 1.32 bits per heavy atom. The van der Waals surface area contributed by atoms with Gasteiger partial charge in [0, 0.05) is 12.8 Å². The molecule has 0 N–H and O–H groups in total. The van der Waals surface area contributed by atoms with Crippen LogP contribution in [0.25, 0.3) is 0 Å². The summed E-state index contributed by atoms with van der Waals surface area (Å²) in [5.74, 6) is 3.29. The highest BCUT2D eigenvalue weighted by atomic mass is 16.5. The SMILES string of the molecule is CC(=O)O[C@H]1C=C2[C@@H]([C@@H]1C)[C@H]1[C@@H](CC[C@H]2C)C1(C)C. The fourth-order valence-corrected chi connectivity index (χ4v) is 4.97. The predicted octanol–water partition coefficient (Wildman–Crippen LogP) is 3.81. The highest BCUT2D eigenvalue weighted by Crippen LogP contribution is 2.69. The van der Waals surface area contributed by atoms with Crippen LogP contribution in [0, 0.1) is 35.0 Å². The maximum absolute atomic E-state index is 11.3. The number of carbonyl (C=O) groups excluding carboxylic acids is 1. The lowest BCUT2D eigenvalue weighted by Crippen LogP contribution is -2.25. The van der Waals surface area contributed by atoms with E-state index >= 15 is 0 Å². The van der Waals surface area contributed by atoms with Crippen molar-refractivity contribution in [3.05, 3.63) is 11.6 Å². The monoisotopic (exact) mass is 262 g/mol. The molecule has 106 valence electrons. The zero-order valence-corrected chi connectivity index (χ0v) is 12.8. The van der Waals surface area contributed by atoms with Gasteiger partial charge in [0.05, 0.1) is 0 Å². The van der Waals surface area contributed by atoms with Crippen molar-refractivity contribution >= 4 is 5.97 Å². The molecular weight excluding hydrogens is 236 g/mol. The largest absolute Gasteiger partial charge is 0.458 e. The molecule has 3 rings (SSSR count). The summed E-state index contributed by atoms with van der Waals surface area (Å²) in [7, 11) is 0. The number of carbonyl (C=O) groups is 1. The summed E-state index contributed by atoms with van der Waals surface area (Å²) in [5, 5.41) is 0. The normalized spacial score (nSPS) is 46.7. The topological polar surface area (TPSA) is 26.3 Å². The van der Waals surface area contributed by atoms with Gasteiger partial charge in [0.15, 0.2) is 0 Å². The predicted molar refractivity (Wildman–Crippen MR) is 75.5 cm³/mol. The lowest BCUT2D eigenvalue weighted by Gasteiger charge is -2.26. The minimum atomic E-state index is -0.149. The molecule has 0 bridgehead atoms. The van der Waals surface area contributed by atoms with Crippen LogP contribution >= 0.6 is 0 Å². The standard InChI is InChI=1S/C17H26O2/c1-9-6-7-13-16(17(13,4)5)15-10(2)14(8-12(9)15)19-11(3)18/h8-10,13-16H,6-7H2,1-5H3/t9-,10-,13-,14+,15-,16-/m1/s1. The second kappa shape index (κ2) is 4.10. The molecule has 0 radical (unpaired) electrons. The molecular formula is C17H26O2. The molecule has 6 atom stereocenters. The van der Waals surface area contributed by atoms with Crippen LogP contribution in [0.15, 0.2) is 11.6 Å². The number of hydrogen-bond acceptors (Lipinski definition) is 2. The Morgan fingerprint density at radius 3 is 2.63 bits per heavy atom. The summed E-state index contributed by atoms with van der Waals surface area (Å²) < 4.78 is 5.52. The van der Waals surface area contributed by atoms with Gasteiger partial charge in [-0.3, -0.25) is 4.79 Å². The highest BCUT2D eigenvalue weighted by molar-refractivity contribution is 5.66. The van der Waals surface area contributed by atoms with E-state index < -0.39 is 0 Å². The van der Waals surface area contributed by atoms with Crippen LogP contribution in [-0.4, -0.2) is 12.1 Å². The molecule has 2 fully saturated rings. The third-order valence-electron chi connectivity index (χ3n) is 6.13. The van der Waals surface area contributed by atoms with Gasteiger partial charge in [0.2, 0.25) is 0 Å². The molecule has 0 amide bonds. The zero-order valence-electron chi connectivity index (χ0n) is 12.8. The Balaban J connectivity index is 1.90. The summed E-state index contributed by atoms with van der Waals surface area (Å²) in [5.41, 5.74) is 2.07. The van der Waals surface area contributed by atoms with Gasteiger partial charge < -0.3 is 4.74 Å². The quantitative estimate of drug-likeness (QED) is 0.530. The Hall–Kier alpha value is -0.790. The summed E-state index contributed by atoms with van der Waals surface area (Å²) in [6.07, 6.45) is 4.96. The average molecular weight is 262 g/mol. The van der Waals surface area contributed by atoms with Gasteiger partial charge in [0.1, 0.15) is 6.10 Å². The summed E-state index contributed by atoms with van der Waals surface area (Å²) in [6, 6.07) is 0. The van der Waals surface area contributed by atoms with E-state index in [1.807, 2.05) is 0 Å². The number of hydrogen-bond donors (Lipinski definition) is 0. The second-order valence-electron chi connectivity index (χ2n) is 7.56. The molecule has 0 heterocycles. The highest BCUT2D eigenvalue weighted by Gasteiger charge is 2.64. The van der Waals surface area contributed by atoms with Crippen molar-refractivity contribution in [1.82, 2.24) is 0 Å². The van der Waals surface area contributed by atoms with Crippen LogP contribution in [-0.2, 0) is 9.53 Å². The molecule has 2 heteroatoms. The van der Waals surface area contributed by atoms with Crippen LogP contribution in [0.3, 0.4) is 0 Å². The Morgan fingerprint density at radius 2 is 2.00 bits per heavy atom. The molecule has 0 aromatic heterocycles. The van der Waals surface area contributed by atoms with Gasteiger partial charge in [-0.1, -0.05) is 33.3 Å². The van der Waals surface area contributed by atoms with E-state index in [0.717, 1.165) is 11.8 Å². The van der Waals surface area contributed by atoms with Gasteiger partial charge in [-0.05, 0) is 48.0 Å². The third kappa shape index (κ3) is 1.86. The molecule has 2 saturated carbocycles. The van der Waals surface area contributed by atoms with Gasteiger partial charge in [-0.25, -0.2) is 0 Å².